The van der Waals surface area contributed by atoms with Crippen molar-refractivity contribution in [2.45, 2.75) is 13.3 Å². The molecule has 2 aromatic rings. The summed E-state index contributed by atoms with van der Waals surface area (Å²) in [7, 11) is 0. The molecule has 1 heterocycles. The molecule has 0 aliphatic heterocycles. The van der Waals surface area contributed by atoms with Gasteiger partial charge in [-0.05, 0) is 30.8 Å². The minimum Gasteiger partial charge on any atom is -0.466 e. The molecular weight excluding hydrogens is 358 g/mol. The zero-order valence-electron chi connectivity index (χ0n) is 13.5. The average Bonchev–Trinajstić information content (AvgIpc) is 3.00. The second-order valence-corrected chi connectivity index (χ2v) is 6.08. The normalized spacial score (nSPS) is 10.4. The third-order valence-electron chi connectivity index (χ3n) is 2.87. The van der Waals surface area contributed by atoms with Gasteiger partial charge in [-0.3, -0.25) is 14.9 Å². The molecule has 0 saturated carbocycles. The molecule has 0 bridgehead atoms. The van der Waals surface area contributed by atoms with Crippen molar-refractivity contribution in [3.63, 3.8) is 0 Å². The monoisotopic (exact) mass is 375 g/mol. The second-order valence-electron chi connectivity index (χ2n) is 4.81. The molecule has 0 spiro atoms. The van der Waals surface area contributed by atoms with E-state index in [1.54, 1.807) is 18.4 Å². The van der Waals surface area contributed by atoms with E-state index < -0.39 is 0 Å². The summed E-state index contributed by atoms with van der Waals surface area (Å²) in [4.78, 5) is 27.5. The van der Waals surface area contributed by atoms with Gasteiger partial charge in [0.2, 0.25) is 5.91 Å². The first-order valence-electron chi connectivity index (χ1n) is 7.52. The lowest BCUT2D eigenvalue weighted by atomic mass is 10.2. The third-order valence-corrected chi connectivity index (χ3v) is 3.88. The zero-order valence-corrected chi connectivity index (χ0v) is 15.2. The van der Waals surface area contributed by atoms with Crippen LogP contribution in [0.25, 0.3) is 6.08 Å². The highest BCUT2D eigenvalue weighted by atomic mass is 32.1. The van der Waals surface area contributed by atoms with Crippen LogP contribution in [0.15, 0.2) is 41.8 Å². The Balaban J connectivity index is 1.82. The number of hydrogen-bond acceptors (Lipinski definition) is 6. The summed E-state index contributed by atoms with van der Waals surface area (Å²) in [5.74, 6) is -0.675. The second kappa shape index (κ2) is 9.65. The van der Waals surface area contributed by atoms with Crippen molar-refractivity contribution in [2.24, 2.45) is 0 Å². The number of anilines is 1. The SMILES string of the molecule is CCOC(=O)Cc1csc(NC(=S)NC(=O)/C=C/c2ccccc2)n1. The van der Waals surface area contributed by atoms with E-state index in [0.29, 0.717) is 17.4 Å². The maximum Gasteiger partial charge on any atom is 0.311 e. The quantitative estimate of drug-likeness (QED) is 0.459. The predicted molar refractivity (Wildman–Crippen MR) is 102 cm³/mol. The number of nitrogens with one attached hydrogen (secondary N) is 2. The van der Waals surface area contributed by atoms with Crippen LogP contribution in [0.3, 0.4) is 0 Å². The van der Waals surface area contributed by atoms with Crippen molar-refractivity contribution in [1.29, 1.82) is 0 Å². The molecule has 0 aliphatic carbocycles. The van der Waals surface area contributed by atoms with Crippen LogP contribution >= 0.6 is 23.6 Å². The van der Waals surface area contributed by atoms with E-state index in [1.165, 1.54) is 17.4 Å². The van der Waals surface area contributed by atoms with E-state index in [1.807, 2.05) is 30.3 Å². The molecule has 6 nitrogen and oxygen atoms in total. The van der Waals surface area contributed by atoms with Gasteiger partial charge in [-0.2, -0.15) is 0 Å². The molecule has 1 aromatic heterocycles. The lowest BCUT2D eigenvalue weighted by molar-refractivity contribution is -0.142. The molecular formula is C17H17N3O3S2. The molecule has 0 unspecified atom stereocenters. The number of esters is 1. The summed E-state index contributed by atoms with van der Waals surface area (Å²) < 4.78 is 4.87. The molecule has 1 amide bonds. The van der Waals surface area contributed by atoms with Crippen LogP contribution in [-0.4, -0.2) is 28.6 Å². The van der Waals surface area contributed by atoms with Gasteiger partial charge < -0.3 is 10.1 Å². The largest absolute Gasteiger partial charge is 0.466 e. The predicted octanol–water partition coefficient (Wildman–Crippen LogP) is 2.78. The Labute approximate surface area is 154 Å². The van der Waals surface area contributed by atoms with Gasteiger partial charge in [0.1, 0.15) is 0 Å². The Morgan fingerprint density at radius 3 is 2.80 bits per heavy atom. The maximum absolute atomic E-state index is 11.8. The Hall–Kier alpha value is -2.58. The Bertz CT molecular complexity index is 772. The fraction of sp³-hybridized carbons (Fsp3) is 0.176. The molecule has 0 radical (unpaired) electrons. The van der Waals surface area contributed by atoms with Crippen molar-refractivity contribution in [3.8, 4) is 0 Å². The molecule has 2 rings (SSSR count). The maximum atomic E-state index is 11.8. The Morgan fingerprint density at radius 2 is 2.08 bits per heavy atom. The first-order chi connectivity index (χ1) is 12.1. The van der Waals surface area contributed by atoms with Crippen molar-refractivity contribution in [2.75, 3.05) is 11.9 Å². The minimum absolute atomic E-state index is 0.102. The molecule has 1 aromatic carbocycles. The van der Waals surface area contributed by atoms with Crippen molar-refractivity contribution >= 4 is 51.8 Å². The molecule has 130 valence electrons. The number of benzene rings is 1. The number of rotatable bonds is 6. The molecule has 8 heteroatoms. The highest BCUT2D eigenvalue weighted by Gasteiger charge is 2.09. The van der Waals surface area contributed by atoms with Gasteiger partial charge in [-0.15, -0.1) is 11.3 Å². The van der Waals surface area contributed by atoms with E-state index in [9.17, 15) is 9.59 Å². The Kier molecular flexibility index (Phi) is 7.24. The van der Waals surface area contributed by atoms with Gasteiger partial charge in [0.15, 0.2) is 10.2 Å². The van der Waals surface area contributed by atoms with Crippen LogP contribution in [0.1, 0.15) is 18.2 Å². The van der Waals surface area contributed by atoms with Crippen LogP contribution in [0.2, 0.25) is 0 Å². The number of hydrogen-bond donors (Lipinski definition) is 2. The standard InChI is InChI=1S/C17H17N3O3S2/c1-2-23-15(22)10-13-11-25-17(18-13)20-16(24)19-14(21)9-8-12-6-4-3-5-7-12/h3-9,11H,2,10H2,1H3,(H2,18,19,20,21,24)/b9-8+. The van der Waals surface area contributed by atoms with E-state index in [4.69, 9.17) is 17.0 Å². The van der Waals surface area contributed by atoms with Crippen LogP contribution in [-0.2, 0) is 20.7 Å². The van der Waals surface area contributed by atoms with E-state index >= 15 is 0 Å². The highest BCUT2D eigenvalue weighted by molar-refractivity contribution is 7.80. The number of carbonyl (C=O) groups is 2. The minimum atomic E-state index is -0.343. The molecule has 0 atom stereocenters. The van der Waals surface area contributed by atoms with E-state index in [0.717, 1.165) is 5.56 Å². The lowest BCUT2D eigenvalue weighted by Crippen LogP contribution is -2.32. The number of carbonyl (C=O) groups excluding carboxylic acids is 2. The number of nitrogens with zero attached hydrogens (tertiary/aromatic N) is 1. The fourth-order valence-corrected chi connectivity index (χ4v) is 2.80. The number of thiocarbonyl (C=S) groups is 1. The van der Waals surface area contributed by atoms with Gasteiger partial charge in [0.25, 0.3) is 0 Å². The number of amides is 1. The van der Waals surface area contributed by atoms with Gasteiger partial charge in [-0.1, -0.05) is 30.3 Å². The summed E-state index contributed by atoms with van der Waals surface area (Å²) >= 11 is 6.37. The van der Waals surface area contributed by atoms with Gasteiger partial charge in [0.05, 0.1) is 18.7 Å². The van der Waals surface area contributed by atoms with Crippen LogP contribution in [0.5, 0.6) is 0 Å². The van der Waals surface area contributed by atoms with Crippen LogP contribution in [0.4, 0.5) is 5.13 Å². The molecule has 0 saturated heterocycles. The Morgan fingerprint density at radius 1 is 1.32 bits per heavy atom. The lowest BCUT2D eigenvalue weighted by Gasteiger charge is -2.04. The summed E-state index contributed by atoms with van der Waals surface area (Å²) in [6.07, 6.45) is 3.20. The molecule has 0 aliphatic rings. The summed E-state index contributed by atoms with van der Waals surface area (Å²) in [5.41, 5.74) is 1.50. The van der Waals surface area contributed by atoms with Gasteiger partial charge in [-0.25, -0.2) is 4.98 Å². The van der Waals surface area contributed by atoms with Crippen LogP contribution < -0.4 is 10.6 Å². The van der Waals surface area contributed by atoms with Crippen molar-refractivity contribution < 1.29 is 14.3 Å². The zero-order chi connectivity index (χ0) is 18.1. The summed E-state index contributed by atoms with van der Waals surface area (Å²) in [6, 6.07) is 9.46. The smallest absolute Gasteiger partial charge is 0.311 e. The van der Waals surface area contributed by atoms with E-state index in [2.05, 4.69) is 15.6 Å². The third kappa shape index (κ3) is 6.82. The van der Waals surface area contributed by atoms with E-state index in [-0.39, 0.29) is 23.4 Å². The molecule has 2 N–H and O–H groups in total. The first-order valence-corrected chi connectivity index (χ1v) is 8.80. The van der Waals surface area contributed by atoms with Gasteiger partial charge >= 0.3 is 5.97 Å². The number of aromatic nitrogens is 1. The topological polar surface area (TPSA) is 80.3 Å². The number of ether oxygens (including phenoxy) is 1. The summed E-state index contributed by atoms with van der Waals surface area (Å²) in [6.45, 7) is 2.08. The summed E-state index contributed by atoms with van der Waals surface area (Å²) in [5, 5.41) is 7.73. The molecule has 25 heavy (non-hydrogen) atoms. The highest BCUT2D eigenvalue weighted by Crippen LogP contribution is 2.16. The van der Waals surface area contributed by atoms with Crippen LogP contribution in [0, 0.1) is 0 Å². The fourth-order valence-electron chi connectivity index (χ4n) is 1.82. The number of thiazole rings is 1. The van der Waals surface area contributed by atoms with Crippen molar-refractivity contribution in [3.05, 3.63) is 53.0 Å². The molecule has 0 fully saturated rings. The average molecular weight is 375 g/mol. The van der Waals surface area contributed by atoms with Crippen molar-refractivity contribution in [1.82, 2.24) is 10.3 Å². The van der Waals surface area contributed by atoms with Gasteiger partial charge in [0, 0.05) is 11.5 Å². The first kappa shape index (κ1) is 18.8.